The monoisotopic (exact) mass is 482 g/mol. The number of rotatable bonds is 3. The molecule has 0 aromatic heterocycles. The molecule has 0 spiro atoms. The molecule has 0 aromatic rings. The van der Waals surface area contributed by atoms with Crippen molar-refractivity contribution in [2.75, 3.05) is 6.61 Å². The summed E-state index contributed by atoms with van der Waals surface area (Å²) >= 11 is 0. The Labute approximate surface area is 214 Å². The Kier molecular flexibility index (Phi) is 5.79. The Morgan fingerprint density at radius 2 is 1.60 bits per heavy atom. The van der Waals surface area contributed by atoms with Crippen LogP contribution in [0.15, 0.2) is 12.2 Å². The van der Waals surface area contributed by atoms with Crippen molar-refractivity contribution in [3.05, 3.63) is 12.2 Å². The minimum absolute atomic E-state index is 0.128. The molecule has 0 heterocycles. The third kappa shape index (κ3) is 3.27. The summed E-state index contributed by atoms with van der Waals surface area (Å²) in [7, 11) is 0. The van der Waals surface area contributed by atoms with Crippen molar-refractivity contribution in [3.63, 3.8) is 0 Å². The SMILES string of the molecule is C=C(C)[C@@H]1CC[C@]2(COC(C)=O)CC[C@]3(C)[C@H](CC[C@H]4[C@@]5(C)CCC(=O)C(C)(C)[C@H]5CC[C@@]43C)[C@@H]12. The lowest BCUT2D eigenvalue weighted by Crippen LogP contribution is -2.66. The molecular weight excluding hydrogens is 432 g/mol. The molecular formula is C32H50O3. The van der Waals surface area contributed by atoms with Gasteiger partial charge in [-0.2, -0.15) is 0 Å². The lowest BCUT2D eigenvalue weighted by molar-refractivity contribution is -0.237. The van der Waals surface area contributed by atoms with Crippen LogP contribution >= 0.6 is 0 Å². The first kappa shape index (κ1) is 25.5. The second-order valence-corrected chi connectivity index (χ2v) is 15.0. The van der Waals surface area contributed by atoms with Crippen molar-refractivity contribution in [3.8, 4) is 0 Å². The normalized spacial score (nSPS) is 50.4. The molecule has 0 saturated heterocycles. The molecule has 0 bridgehead atoms. The number of hydrogen-bond donors (Lipinski definition) is 0. The zero-order valence-electron chi connectivity index (χ0n) is 23.6. The van der Waals surface area contributed by atoms with Crippen molar-refractivity contribution >= 4 is 11.8 Å². The molecule has 5 aliphatic carbocycles. The fourth-order valence-corrected chi connectivity index (χ4v) is 11.6. The summed E-state index contributed by atoms with van der Waals surface area (Å²) in [5.41, 5.74) is 2.12. The molecule has 0 aromatic carbocycles. The molecule has 5 aliphatic rings. The Hall–Kier alpha value is -1.12. The van der Waals surface area contributed by atoms with Gasteiger partial charge >= 0.3 is 5.97 Å². The van der Waals surface area contributed by atoms with Crippen molar-refractivity contribution < 1.29 is 14.3 Å². The molecule has 0 N–H and O–H groups in total. The van der Waals surface area contributed by atoms with Crippen LogP contribution in [0.5, 0.6) is 0 Å². The molecule has 5 saturated carbocycles. The fraction of sp³-hybridized carbons (Fsp3) is 0.875. The molecule has 0 unspecified atom stereocenters. The summed E-state index contributed by atoms with van der Waals surface area (Å²) in [6.07, 6.45) is 11.6. The summed E-state index contributed by atoms with van der Waals surface area (Å²) in [6, 6.07) is 0. The van der Waals surface area contributed by atoms with E-state index in [1.165, 1.54) is 56.9 Å². The van der Waals surface area contributed by atoms with Gasteiger partial charge in [0.1, 0.15) is 5.78 Å². The van der Waals surface area contributed by atoms with Gasteiger partial charge in [0, 0.05) is 24.2 Å². The lowest BCUT2D eigenvalue weighted by atomic mass is 9.32. The highest BCUT2D eigenvalue weighted by Gasteiger charge is 2.71. The van der Waals surface area contributed by atoms with Crippen LogP contribution < -0.4 is 0 Å². The summed E-state index contributed by atoms with van der Waals surface area (Å²) in [5, 5.41) is 0. The van der Waals surface area contributed by atoms with E-state index in [1.54, 1.807) is 6.92 Å². The number of Topliss-reactive ketones (excluding diaryl/α,β-unsaturated/α-hetero) is 1. The number of esters is 1. The molecule has 0 amide bonds. The molecule has 0 radical (unpaired) electrons. The van der Waals surface area contributed by atoms with Crippen LogP contribution in [0.1, 0.15) is 113 Å². The van der Waals surface area contributed by atoms with E-state index in [0.29, 0.717) is 47.4 Å². The standard InChI is InChI=1S/C32H50O3/c1-20(2)22-11-16-32(19-35-21(3)33)18-17-30(7)23(27(22)32)9-10-25-29(6)14-13-26(34)28(4,5)24(29)12-15-31(25,30)8/h22-25,27H,1,9-19H2,2-8H3/t22-,23+,24+,25-,27+,29-,30+,31-,32+/m0/s1. The first-order chi connectivity index (χ1) is 16.2. The maximum Gasteiger partial charge on any atom is 0.302 e. The highest BCUT2D eigenvalue weighted by atomic mass is 16.5. The quantitative estimate of drug-likeness (QED) is 0.305. The predicted molar refractivity (Wildman–Crippen MR) is 141 cm³/mol. The number of carbonyl (C=O) groups is 2. The van der Waals surface area contributed by atoms with Crippen molar-refractivity contribution in [2.24, 2.45) is 56.7 Å². The molecule has 3 nitrogen and oxygen atoms in total. The van der Waals surface area contributed by atoms with Gasteiger partial charge in [0.05, 0.1) is 6.61 Å². The van der Waals surface area contributed by atoms with Gasteiger partial charge in [-0.3, -0.25) is 9.59 Å². The van der Waals surface area contributed by atoms with E-state index in [9.17, 15) is 9.59 Å². The zero-order chi connectivity index (χ0) is 25.6. The fourth-order valence-electron chi connectivity index (χ4n) is 11.6. The molecule has 5 fully saturated rings. The minimum Gasteiger partial charge on any atom is -0.465 e. The van der Waals surface area contributed by atoms with Crippen LogP contribution in [0.4, 0.5) is 0 Å². The Bertz CT molecular complexity index is 933. The van der Waals surface area contributed by atoms with Crippen LogP contribution in [0.3, 0.4) is 0 Å². The largest absolute Gasteiger partial charge is 0.465 e. The molecule has 3 heteroatoms. The van der Waals surface area contributed by atoms with Crippen molar-refractivity contribution in [1.29, 1.82) is 0 Å². The highest BCUT2D eigenvalue weighted by molar-refractivity contribution is 5.85. The second-order valence-electron chi connectivity index (χ2n) is 15.0. The maximum atomic E-state index is 13.0. The summed E-state index contributed by atoms with van der Waals surface area (Å²) < 4.78 is 5.78. The van der Waals surface area contributed by atoms with E-state index in [0.717, 1.165) is 12.8 Å². The third-order valence-corrected chi connectivity index (χ3v) is 13.5. The number of carbonyl (C=O) groups excluding carboxylic acids is 2. The van der Waals surface area contributed by atoms with Gasteiger partial charge in [0.25, 0.3) is 0 Å². The number of allylic oxidation sites excluding steroid dienone is 1. The molecule has 9 atom stereocenters. The van der Waals surface area contributed by atoms with Gasteiger partial charge in [0.2, 0.25) is 0 Å². The van der Waals surface area contributed by atoms with E-state index >= 15 is 0 Å². The van der Waals surface area contributed by atoms with Crippen LogP contribution in [0.2, 0.25) is 0 Å². The number of hydrogen-bond acceptors (Lipinski definition) is 3. The van der Waals surface area contributed by atoms with Crippen molar-refractivity contribution in [2.45, 2.75) is 113 Å². The predicted octanol–water partition coefficient (Wildman–Crippen LogP) is 7.78. The maximum absolute atomic E-state index is 13.0. The van der Waals surface area contributed by atoms with Gasteiger partial charge in [-0.05, 0) is 111 Å². The lowest BCUT2D eigenvalue weighted by Gasteiger charge is -2.72. The number of ketones is 1. The summed E-state index contributed by atoms with van der Waals surface area (Å²) in [4.78, 5) is 24.8. The van der Waals surface area contributed by atoms with Crippen LogP contribution in [-0.2, 0) is 14.3 Å². The van der Waals surface area contributed by atoms with Gasteiger partial charge in [0.15, 0.2) is 0 Å². The van der Waals surface area contributed by atoms with Crippen LogP contribution in [-0.4, -0.2) is 18.4 Å². The minimum atomic E-state index is -0.186. The van der Waals surface area contributed by atoms with Crippen molar-refractivity contribution in [1.82, 2.24) is 0 Å². The second kappa shape index (κ2) is 7.94. The van der Waals surface area contributed by atoms with Gasteiger partial charge in [-0.15, -0.1) is 0 Å². The van der Waals surface area contributed by atoms with E-state index in [1.807, 2.05) is 0 Å². The molecule has 5 rings (SSSR count). The van der Waals surface area contributed by atoms with Gasteiger partial charge < -0.3 is 4.74 Å². The first-order valence-corrected chi connectivity index (χ1v) is 14.5. The van der Waals surface area contributed by atoms with Crippen LogP contribution in [0.25, 0.3) is 0 Å². The van der Waals surface area contributed by atoms with Gasteiger partial charge in [-0.25, -0.2) is 0 Å². The van der Waals surface area contributed by atoms with E-state index in [4.69, 9.17) is 4.74 Å². The van der Waals surface area contributed by atoms with Crippen LogP contribution in [0, 0.1) is 56.7 Å². The molecule has 0 aliphatic heterocycles. The smallest absolute Gasteiger partial charge is 0.302 e. The Balaban J connectivity index is 1.53. The number of fused-ring (bicyclic) bond motifs is 7. The molecule has 196 valence electrons. The number of ether oxygens (including phenoxy) is 1. The summed E-state index contributed by atoms with van der Waals surface area (Å²) in [6.45, 7) is 21.2. The average molecular weight is 483 g/mol. The Morgan fingerprint density at radius 3 is 2.26 bits per heavy atom. The highest BCUT2D eigenvalue weighted by Crippen LogP contribution is 2.77. The van der Waals surface area contributed by atoms with Gasteiger partial charge in [-0.1, -0.05) is 46.8 Å². The summed E-state index contributed by atoms with van der Waals surface area (Å²) in [5.74, 6) is 3.34. The first-order valence-electron chi connectivity index (χ1n) is 14.5. The van der Waals surface area contributed by atoms with E-state index in [-0.39, 0.29) is 27.6 Å². The topological polar surface area (TPSA) is 43.4 Å². The average Bonchev–Trinajstić information content (AvgIpc) is 3.16. The van der Waals surface area contributed by atoms with E-state index in [2.05, 4.69) is 48.1 Å². The zero-order valence-corrected chi connectivity index (χ0v) is 23.6. The van der Waals surface area contributed by atoms with E-state index < -0.39 is 0 Å². The Morgan fingerprint density at radius 1 is 0.886 bits per heavy atom. The third-order valence-electron chi connectivity index (χ3n) is 13.5. The molecule has 35 heavy (non-hydrogen) atoms.